The molecule has 0 N–H and O–H groups in total. The second-order valence-corrected chi connectivity index (χ2v) is 6.09. The third-order valence-electron chi connectivity index (χ3n) is 3.85. The van der Waals surface area contributed by atoms with Crippen LogP contribution >= 0.6 is 15.9 Å². The molecule has 116 valence electrons. The highest BCUT2D eigenvalue weighted by atomic mass is 79.9. The highest BCUT2D eigenvalue weighted by Crippen LogP contribution is 2.16. The van der Waals surface area contributed by atoms with Crippen molar-refractivity contribution in [2.75, 3.05) is 32.7 Å². The molecule has 0 saturated carbocycles. The maximum Gasteiger partial charge on any atom is 0.289 e. The van der Waals surface area contributed by atoms with Crippen LogP contribution in [0.3, 0.4) is 0 Å². The second-order valence-electron chi connectivity index (χ2n) is 5.31. The summed E-state index contributed by atoms with van der Waals surface area (Å²) in [6.45, 7) is 4.23. The van der Waals surface area contributed by atoms with Crippen molar-refractivity contribution in [3.05, 3.63) is 52.7 Å². The zero-order chi connectivity index (χ0) is 15.4. The Kier molecular flexibility index (Phi) is 4.90. The van der Waals surface area contributed by atoms with Gasteiger partial charge in [-0.05, 0) is 40.2 Å². The summed E-state index contributed by atoms with van der Waals surface area (Å²) in [6, 6.07) is 9.45. The Labute approximate surface area is 138 Å². The molecule has 2 aromatic rings. The first-order valence-corrected chi connectivity index (χ1v) is 8.18. The summed E-state index contributed by atoms with van der Waals surface area (Å²) >= 11 is 3.23. The summed E-state index contributed by atoms with van der Waals surface area (Å²) in [5, 5.41) is 0. The number of halogens is 1. The van der Waals surface area contributed by atoms with Crippen LogP contribution in [0.1, 0.15) is 16.2 Å². The first-order valence-electron chi connectivity index (χ1n) is 7.39. The van der Waals surface area contributed by atoms with Gasteiger partial charge in [-0.1, -0.05) is 6.07 Å². The van der Waals surface area contributed by atoms with Crippen molar-refractivity contribution >= 4 is 21.8 Å². The zero-order valence-corrected chi connectivity index (χ0v) is 13.8. The number of rotatable bonds is 4. The molecule has 0 unspecified atom stereocenters. The van der Waals surface area contributed by atoms with Gasteiger partial charge in [-0.25, -0.2) is 0 Å². The molecule has 0 atom stereocenters. The van der Waals surface area contributed by atoms with Crippen LogP contribution in [0, 0.1) is 0 Å². The van der Waals surface area contributed by atoms with Crippen LogP contribution < -0.4 is 0 Å². The molecule has 1 aliphatic heterocycles. The van der Waals surface area contributed by atoms with Gasteiger partial charge in [-0.2, -0.15) is 0 Å². The molecule has 1 saturated heterocycles. The van der Waals surface area contributed by atoms with Gasteiger partial charge in [-0.3, -0.25) is 14.7 Å². The van der Waals surface area contributed by atoms with E-state index in [1.54, 1.807) is 12.1 Å². The first kappa shape index (κ1) is 15.2. The maximum atomic E-state index is 12.3. The second kappa shape index (κ2) is 7.07. The molecule has 3 heterocycles. The molecular weight excluding hydrogens is 346 g/mol. The molecule has 1 aliphatic rings. The van der Waals surface area contributed by atoms with Gasteiger partial charge in [0.1, 0.15) is 0 Å². The number of piperazine rings is 1. The SMILES string of the molecule is O=C(c1ccc(Br)o1)N1CCN(CCc2ccccn2)CC1. The Morgan fingerprint density at radius 2 is 2.00 bits per heavy atom. The summed E-state index contributed by atoms with van der Waals surface area (Å²) in [6.07, 6.45) is 2.77. The van der Waals surface area contributed by atoms with E-state index in [0.717, 1.165) is 44.8 Å². The lowest BCUT2D eigenvalue weighted by atomic mass is 10.2. The summed E-state index contributed by atoms with van der Waals surface area (Å²) in [4.78, 5) is 20.8. The van der Waals surface area contributed by atoms with Crippen molar-refractivity contribution < 1.29 is 9.21 Å². The highest BCUT2D eigenvalue weighted by molar-refractivity contribution is 9.10. The van der Waals surface area contributed by atoms with E-state index in [0.29, 0.717) is 10.4 Å². The van der Waals surface area contributed by atoms with Gasteiger partial charge in [-0.15, -0.1) is 0 Å². The maximum absolute atomic E-state index is 12.3. The van der Waals surface area contributed by atoms with Crippen LogP contribution in [0.2, 0.25) is 0 Å². The minimum absolute atomic E-state index is 0.0323. The van der Waals surface area contributed by atoms with Gasteiger partial charge in [0.05, 0.1) is 0 Å². The fraction of sp³-hybridized carbons (Fsp3) is 0.375. The lowest BCUT2D eigenvalue weighted by Crippen LogP contribution is -2.49. The van der Waals surface area contributed by atoms with Gasteiger partial charge in [0.15, 0.2) is 10.4 Å². The Morgan fingerprint density at radius 3 is 2.64 bits per heavy atom. The lowest BCUT2D eigenvalue weighted by Gasteiger charge is -2.34. The van der Waals surface area contributed by atoms with Crippen molar-refractivity contribution in [2.24, 2.45) is 0 Å². The quantitative estimate of drug-likeness (QED) is 0.836. The minimum Gasteiger partial charge on any atom is -0.444 e. The van der Waals surface area contributed by atoms with Crippen LogP contribution in [0.4, 0.5) is 0 Å². The standard InChI is InChI=1S/C16H18BrN3O2/c17-15-5-4-14(22-15)16(21)20-11-9-19(10-12-20)8-6-13-3-1-2-7-18-13/h1-5,7H,6,8-12H2. The molecule has 6 heteroatoms. The van der Waals surface area contributed by atoms with E-state index >= 15 is 0 Å². The van der Waals surface area contributed by atoms with Gasteiger partial charge in [0.25, 0.3) is 5.91 Å². The van der Waals surface area contributed by atoms with Gasteiger partial charge >= 0.3 is 0 Å². The van der Waals surface area contributed by atoms with Crippen LogP contribution in [0.15, 0.2) is 45.6 Å². The van der Waals surface area contributed by atoms with Crippen LogP contribution in [0.25, 0.3) is 0 Å². The number of carbonyl (C=O) groups is 1. The van der Waals surface area contributed by atoms with Crippen molar-refractivity contribution in [1.29, 1.82) is 0 Å². The third-order valence-corrected chi connectivity index (χ3v) is 4.28. The van der Waals surface area contributed by atoms with Crippen molar-refractivity contribution in [3.8, 4) is 0 Å². The van der Waals surface area contributed by atoms with E-state index in [4.69, 9.17) is 4.42 Å². The molecule has 1 fully saturated rings. The molecule has 22 heavy (non-hydrogen) atoms. The smallest absolute Gasteiger partial charge is 0.289 e. The average molecular weight is 364 g/mol. The van der Waals surface area contributed by atoms with E-state index in [1.165, 1.54) is 0 Å². The Bertz CT molecular complexity index is 621. The van der Waals surface area contributed by atoms with Crippen molar-refractivity contribution in [1.82, 2.24) is 14.8 Å². The third kappa shape index (κ3) is 3.75. The number of nitrogens with zero attached hydrogens (tertiary/aromatic N) is 3. The molecule has 0 spiro atoms. The minimum atomic E-state index is -0.0323. The van der Waals surface area contributed by atoms with Gasteiger partial charge in [0, 0.05) is 51.0 Å². The van der Waals surface area contributed by atoms with E-state index in [1.807, 2.05) is 23.2 Å². The summed E-state index contributed by atoms with van der Waals surface area (Å²) in [7, 11) is 0. The van der Waals surface area contributed by atoms with Gasteiger partial charge < -0.3 is 9.32 Å². The number of aromatic nitrogens is 1. The van der Waals surface area contributed by atoms with Crippen molar-refractivity contribution in [3.63, 3.8) is 0 Å². The molecule has 5 nitrogen and oxygen atoms in total. The molecule has 3 rings (SSSR count). The topological polar surface area (TPSA) is 49.6 Å². The van der Waals surface area contributed by atoms with Gasteiger partial charge in [0.2, 0.25) is 0 Å². The normalized spacial score (nSPS) is 16.0. The van der Waals surface area contributed by atoms with E-state index < -0.39 is 0 Å². The number of pyridine rings is 1. The van der Waals surface area contributed by atoms with Crippen molar-refractivity contribution in [2.45, 2.75) is 6.42 Å². The lowest BCUT2D eigenvalue weighted by molar-refractivity contribution is 0.0606. The van der Waals surface area contributed by atoms with Crippen LogP contribution in [-0.4, -0.2) is 53.4 Å². The molecule has 0 bridgehead atoms. The molecule has 2 aromatic heterocycles. The van der Waals surface area contributed by atoms with Crippen LogP contribution in [-0.2, 0) is 6.42 Å². The number of hydrogen-bond donors (Lipinski definition) is 0. The molecular formula is C16H18BrN3O2. The summed E-state index contributed by atoms with van der Waals surface area (Å²) in [5.74, 6) is 0.365. The Morgan fingerprint density at radius 1 is 1.18 bits per heavy atom. The number of furan rings is 1. The number of carbonyl (C=O) groups excluding carboxylic acids is 1. The van der Waals surface area contributed by atoms with Crippen LogP contribution in [0.5, 0.6) is 0 Å². The van der Waals surface area contributed by atoms with E-state index in [-0.39, 0.29) is 5.91 Å². The predicted octanol–water partition coefficient (Wildman–Crippen LogP) is 2.44. The predicted molar refractivity (Wildman–Crippen MR) is 86.7 cm³/mol. The number of amides is 1. The van der Waals surface area contributed by atoms with E-state index in [2.05, 4.69) is 31.9 Å². The molecule has 1 amide bonds. The fourth-order valence-corrected chi connectivity index (χ4v) is 2.88. The number of hydrogen-bond acceptors (Lipinski definition) is 4. The highest BCUT2D eigenvalue weighted by Gasteiger charge is 2.23. The Balaban J connectivity index is 1.47. The Hall–Kier alpha value is -1.66. The first-order chi connectivity index (χ1) is 10.7. The monoisotopic (exact) mass is 363 g/mol. The largest absolute Gasteiger partial charge is 0.444 e. The summed E-state index contributed by atoms with van der Waals surface area (Å²) in [5.41, 5.74) is 1.11. The zero-order valence-electron chi connectivity index (χ0n) is 12.2. The molecule has 0 radical (unpaired) electrons. The molecule has 0 aromatic carbocycles. The fourth-order valence-electron chi connectivity index (χ4n) is 2.58. The summed E-state index contributed by atoms with van der Waals surface area (Å²) < 4.78 is 5.92. The van der Waals surface area contributed by atoms with E-state index in [9.17, 15) is 4.79 Å². The average Bonchev–Trinajstić information content (AvgIpc) is 3.00. The molecule has 0 aliphatic carbocycles.